The second kappa shape index (κ2) is 7.87. The Balaban J connectivity index is 1.92. The number of nitrogens with one attached hydrogen (secondary N) is 3. The lowest BCUT2D eigenvalue weighted by molar-refractivity contribution is -0.385. The number of hydrogen-bond donors (Lipinski definition) is 4. The molecule has 0 aliphatic heterocycles. The zero-order valence-corrected chi connectivity index (χ0v) is 13.1. The first-order valence-corrected chi connectivity index (χ1v) is 7.46. The zero-order chi connectivity index (χ0) is 18.4. The first kappa shape index (κ1) is 17.9. The van der Waals surface area contributed by atoms with Crippen LogP contribution >= 0.6 is 11.8 Å². The van der Waals surface area contributed by atoms with Crippen molar-refractivity contribution in [3.05, 3.63) is 54.7 Å². The Morgan fingerprint density at radius 3 is 2.92 bits per heavy atom. The van der Waals surface area contributed by atoms with Crippen molar-refractivity contribution >= 4 is 29.6 Å². The zero-order valence-electron chi connectivity index (χ0n) is 12.3. The summed E-state index contributed by atoms with van der Waals surface area (Å²) in [7, 11) is 0. The SMILES string of the molecule is O=C(CSc1n[nH]c(=O)[nH]c1=O)N/N=C\c1ccc(O)c([N+](=O)[O-])c1. The third kappa shape index (κ3) is 5.00. The Morgan fingerprint density at radius 2 is 2.24 bits per heavy atom. The number of aromatic nitrogens is 3. The number of hydrazone groups is 1. The molecule has 0 unspecified atom stereocenters. The Labute approximate surface area is 142 Å². The minimum Gasteiger partial charge on any atom is -0.502 e. The molecule has 0 saturated heterocycles. The van der Waals surface area contributed by atoms with E-state index < -0.39 is 33.5 Å². The van der Waals surface area contributed by atoms with Crippen LogP contribution in [0.2, 0.25) is 0 Å². The van der Waals surface area contributed by atoms with Crippen molar-refractivity contribution in [2.75, 3.05) is 5.75 Å². The highest BCUT2D eigenvalue weighted by atomic mass is 32.2. The molecule has 12 nitrogen and oxygen atoms in total. The van der Waals surface area contributed by atoms with Crippen molar-refractivity contribution in [1.82, 2.24) is 20.6 Å². The van der Waals surface area contributed by atoms with Gasteiger partial charge < -0.3 is 5.11 Å². The van der Waals surface area contributed by atoms with Gasteiger partial charge in [0, 0.05) is 11.6 Å². The number of phenolic OH excluding ortho intramolecular Hbond substituents is 1. The molecule has 25 heavy (non-hydrogen) atoms. The average molecular weight is 366 g/mol. The number of aromatic amines is 2. The summed E-state index contributed by atoms with van der Waals surface area (Å²) in [6.07, 6.45) is 1.15. The van der Waals surface area contributed by atoms with Crippen LogP contribution in [0, 0.1) is 10.1 Å². The monoisotopic (exact) mass is 366 g/mol. The van der Waals surface area contributed by atoms with Crippen LogP contribution in [-0.4, -0.2) is 43.1 Å². The molecule has 13 heteroatoms. The fraction of sp³-hybridized carbons (Fsp3) is 0.0833. The highest BCUT2D eigenvalue weighted by Gasteiger charge is 2.12. The van der Waals surface area contributed by atoms with E-state index in [1.54, 1.807) is 0 Å². The van der Waals surface area contributed by atoms with Gasteiger partial charge in [-0.3, -0.25) is 24.7 Å². The molecule has 0 spiro atoms. The molecule has 1 aromatic carbocycles. The molecule has 0 saturated carbocycles. The number of nitro groups is 1. The molecule has 1 aromatic heterocycles. The first-order valence-electron chi connectivity index (χ1n) is 6.48. The summed E-state index contributed by atoms with van der Waals surface area (Å²) in [5.41, 5.74) is 0.479. The van der Waals surface area contributed by atoms with Gasteiger partial charge >= 0.3 is 11.4 Å². The highest BCUT2D eigenvalue weighted by Crippen LogP contribution is 2.25. The van der Waals surface area contributed by atoms with Gasteiger partial charge in [-0.05, 0) is 12.1 Å². The largest absolute Gasteiger partial charge is 0.502 e. The number of rotatable bonds is 6. The maximum Gasteiger partial charge on any atom is 0.342 e. The molecule has 2 aromatic rings. The Kier molecular flexibility index (Phi) is 5.62. The number of aromatic hydroxyl groups is 1. The van der Waals surface area contributed by atoms with Crippen LogP contribution in [-0.2, 0) is 4.79 Å². The molecular formula is C12H10N6O6S. The van der Waals surface area contributed by atoms with Crippen LogP contribution in [0.25, 0.3) is 0 Å². The number of carbonyl (C=O) groups is 1. The van der Waals surface area contributed by atoms with Gasteiger partial charge in [-0.15, -0.1) is 0 Å². The van der Waals surface area contributed by atoms with Gasteiger partial charge in [0.1, 0.15) is 0 Å². The molecule has 0 aliphatic rings. The van der Waals surface area contributed by atoms with Gasteiger partial charge in [0.25, 0.3) is 5.56 Å². The fourth-order valence-electron chi connectivity index (χ4n) is 1.55. The predicted molar refractivity (Wildman–Crippen MR) is 86.7 cm³/mol. The molecule has 4 N–H and O–H groups in total. The lowest BCUT2D eigenvalue weighted by Crippen LogP contribution is -2.26. The predicted octanol–water partition coefficient (Wildman–Crippen LogP) is -0.686. The van der Waals surface area contributed by atoms with E-state index in [0.717, 1.165) is 30.1 Å². The molecular weight excluding hydrogens is 356 g/mol. The standard InChI is InChI=1S/C12H10N6O6S/c19-8-2-1-6(3-7(8)18(23)24)4-13-15-9(20)5-25-11-10(21)14-12(22)17-16-11/h1-4,19H,5H2,(H,15,20)(H2,14,17,21,22)/b13-4-. The maximum absolute atomic E-state index is 11.6. The number of carbonyl (C=O) groups excluding carboxylic acids is 1. The Bertz CT molecular complexity index is 952. The van der Waals surface area contributed by atoms with E-state index in [1.165, 1.54) is 6.07 Å². The van der Waals surface area contributed by atoms with E-state index in [1.807, 2.05) is 10.1 Å². The van der Waals surface area contributed by atoms with Crippen molar-refractivity contribution in [3.63, 3.8) is 0 Å². The van der Waals surface area contributed by atoms with Crippen molar-refractivity contribution < 1.29 is 14.8 Å². The number of thioether (sulfide) groups is 1. The van der Waals surface area contributed by atoms with E-state index in [0.29, 0.717) is 0 Å². The van der Waals surface area contributed by atoms with E-state index in [9.17, 15) is 29.6 Å². The minimum atomic E-state index is -0.758. The highest BCUT2D eigenvalue weighted by molar-refractivity contribution is 7.99. The minimum absolute atomic E-state index is 0.0899. The van der Waals surface area contributed by atoms with Gasteiger partial charge in [-0.2, -0.15) is 10.2 Å². The summed E-state index contributed by atoms with van der Waals surface area (Å²) < 4.78 is 0. The van der Waals surface area contributed by atoms with Crippen LogP contribution in [0.1, 0.15) is 5.56 Å². The topological polar surface area (TPSA) is 183 Å². The number of nitro benzene ring substituents is 1. The Morgan fingerprint density at radius 1 is 1.48 bits per heavy atom. The number of phenols is 1. The van der Waals surface area contributed by atoms with E-state index in [4.69, 9.17) is 0 Å². The number of amides is 1. The Hall–Kier alpha value is -3.48. The second-order valence-electron chi connectivity index (χ2n) is 4.40. The number of nitrogens with zero attached hydrogens (tertiary/aromatic N) is 3. The van der Waals surface area contributed by atoms with Crippen LogP contribution in [0.5, 0.6) is 5.75 Å². The molecule has 0 atom stereocenters. The lowest BCUT2D eigenvalue weighted by atomic mass is 10.2. The summed E-state index contributed by atoms with van der Waals surface area (Å²) >= 11 is 0.785. The third-order valence-corrected chi connectivity index (χ3v) is 3.58. The molecule has 2 rings (SSSR count). The van der Waals surface area contributed by atoms with Crippen LogP contribution < -0.4 is 16.7 Å². The average Bonchev–Trinajstić information content (AvgIpc) is 2.55. The van der Waals surface area contributed by atoms with Crippen LogP contribution in [0.3, 0.4) is 0 Å². The van der Waals surface area contributed by atoms with E-state index >= 15 is 0 Å². The van der Waals surface area contributed by atoms with Gasteiger partial charge in [-0.1, -0.05) is 11.8 Å². The third-order valence-electron chi connectivity index (χ3n) is 2.62. The van der Waals surface area contributed by atoms with E-state index in [-0.39, 0.29) is 16.3 Å². The van der Waals surface area contributed by atoms with Crippen LogP contribution in [0.4, 0.5) is 5.69 Å². The summed E-state index contributed by atoms with van der Waals surface area (Å²) in [5, 5.41) is 29.1. The van der Waals surface area contributed by atoms with Crippen molar-refractivity contribution in [2.45, 2.75) is 5.03 Å². The van der Waals surface area contributed by atoms with Crippen molar-refractivity contribution in [1.29, 1.82) is 0 Å². The number of benzene rings is 1. The molecule has 1 amide bonds. The summed E-state index contributed by atoms with van der Waals surface area (Å²) in [5.74, 6) is -1.25. The molecule has 0 fully saturated rings. The number of hydrogen-bond acceptors (Lipinski definition) is 9. The molecule has 130 valence electrons. The van der Waals surface area contributed by atoms with Crippen LogP contribution in [0.15, 0.2) is 37.9 Å². The van der Waals surface area contributed by atoms with Gasteiger partial charge in [0.2, 0.25) is 5.91 Å². The lowest BCUT2D eigenvalue weighted by Gasteiger charge is -1.99. The smallest absolute Gasteiger partial charge is 0.342 e. The summed E-state index contributed by atoms with van der Waals surface area (Å²) in [6, 6.07) is 3.59. The van der Waals surface area contributed by atoms with Gasteiger partial charge in [-0.25, -0.2) is 15.3 Å². The molecule has 0 radical (unpaired) electrons. The molecule has 0 bridgehead atoms. The van der Waals surface area contributed by atoms with Crippen molar-refractivity contribution in [2.24, 2.45) is 5.10 Å². The number of H-pyrrole nitrogens is 2. The quantitative estimate of drug-likeness (QED) is 0.224. The summed E-state index contributed by atoms with van der Waals surface area (Å²) in [6.45, 7) is 0. The van der Waals surface area contributed by atoms with Gasteiger partial charge in [0.05, 0.1) is 16.9 Å². The second-order valence-corrected chi connectivity index (χ2v) is 5.36. The molecule has 1 heterocycles. The summed E-state index contributed by atoms with van der Waals surface area (Å²) in [4.78, 5) is 45.7. The molecule has 0 aliphatic carbocycles. The maximum atomic E-state index is 11.6. The van der Waals surface area contributed by atoms with Gasteiger partial charge in [0.15, 0.2) is 10.8 Å². The van der Waals surface area contributed by atoms with E-state index in [2.05, 4.69) is 15.6 Å². The van der Waals surface area contributed by atoms with Crippen molar-refractivity contribution in [3.8, 4) is 5.75 Å². The first-order chi connectivity index (χ1) is 11.9. The normalized spacial score (nSPS) is 10.7. The fourth-order valence-corrected chi connectivity index (χ4v) is 2.17.